The van der Waals surface area contributed by atoms with Crippen LogP contribution < -0.4 is 0 Å². The zero-order chi connectivity index (χ0) is 12.6. The summed E-state index contributed by atoms with van der Waals surface area (Å²) in [4.78, 5) is 11.1. The van der Waals surface area contributed by atoms with Crippen LogP contribution in [0.2, 0.25) is 5.02 Å². The number of halogens is 1. The number of fused-ring (bicyclic) bond motifs is 1. The van der Waals surface area contributed by atoms with Gasteiger partial charge in [-0.05, 0) is 43.3 Å². The average molecular weight is 269 g/mol. The van der Waals surface area contributed by atoms with E-state index in [4.69, 9.17) is 16.7 Å². The van der Waals surface area contributed by atoms with E-state index in [0.717, 1.165) is 15.6 Å². The van der Waals surface area contributed by atoms with Crippen molar-refractivity contribution in [3.05, 3.63) is 34.2 Å². The molecule has 0 saturated heterocycles. The van der Waals surface area contributed by atoms with Gasteiger partial charge in [0, 0.05) is 15.1 Å². The molecule has 90 valence electrons. The molecular weight excluding hydrogens is 256 g/mol. The van der Waals surface area contributed by atoms with Gasteiger partial charge in [-0.2, -0.15) is 0 Å². The minimum absolute atomic E-state index is 0.492. The number of carboxylic acids is 1. The van der Waals surface area contributed by atoms with Crippen LogP contribution in [0.1, 0.15) is 19.4 Å². The molecule has 17 heavy (non-hydrogen) atoms. The van der Waals surface area contributed by atoms with E-state index >= 15 is 0 Å². The third kappa shape index (κ3) is 2.31. The monoisotopic (exact) mass is 268 g/mol. The van der Waals surface area contributed by atoms with Gasteiger partial charge in [0.2, 0.25) is 0 Å². The van der Waals surface area contributed by atoms with E-state index in [1.807, 2.05) is 23.6 Å². The fraction of sp³-hybridized carbons (Fsp3) is 0.308. The van der Waals surface area contributed by atoms with Gasteiger partial charge in [0.25, 0.3) is 0 Å². The Hall–Kier alpha value is -1.06. The molecule has 0 bridgehead atoms. The lowest BCUT2D eigenvalue weighted by molar-refractivity contribution is -0.146. The van der Waals surface area contributed by atoms with Gasteiger partial charge < -0.3 is 5.11 Å². The summed E-state index contributed by atoms with van der Waals surface area (Å²) in [6, 6.07) is 5.75. The van der Waals surface area contributed by atoms with Crippen molar-refractivity contribution in [3.8, 4) is 0 Å². The maximum atomic E-state index is 11.1. The third-order valence-electron chi connectivity index (χ3n) is 2.84. The van der Waals surface area contributed by atoms with E-state index in [1.54, 1.807) is 25.2 Å². The molecule has 0 aliphatic rings. The highest BCUT2D eigenvalue weighted by Crippen LogP contribution is 2.35. The van der Waals surface area contributed by atoms with Crippen molar-refractivity contribution in [2.45, 2.75) is 20.3 Å². The Bertz CT molecular complexity index is 572. The molecule has 1 aromatic heterocycles. The van der Waals surface area contributed by atoms with E-state index < -0.39 is 11.4 Å². The van der Waals surface area contributed by atoms with Crippen molar-refractivity contribution >= 4 is 39.0 Å². The maximum absolute atomic E-state index is 11.1. The first-order valence-corrected chi connectivity index (χ1v) is 6.55. The zero-order valence-electron chi connectivity index (χ0n) is 9.66. The van der Waals surface area contributed by atoms with Crippen molar-refractivity contribution in [1.29, 1.82) is 0 Å². The van der Waals surface area contributed by atoms with Crippen LogP contribution in [-0.4, -0.2) is 11.1 Å². The smallest absolute Gasteiger partial charge is 0.309 e. The second-order valence-corrected chi connectivity index (χ2v) is 6.06. The highest BCUT2D eigenvalue weighted by Gasteiger charge is 2.28. The molecule has 0 amide bonds. The molecule has 1 aromatic carbocycles. The Morgan fingerprint density at radius 1 is 1.47 bits per heavy atom. The molecule has 1 heterocycles. The lowest BCUT2D eigenvalue weighted by Crippen LogP contribution is -2.26. The standard InChI is InChI=1S/C13H13ClO2S/c1-13(2,12(15)16)6-8-7-17-10-5-3-4-9(14)11(8)10/h3-5,7H,6H2,1-2H3,(H,15,16). The molecule has 0 aliphatic carbocycles. The molecule has 0 saturated carbocycles. The Morgan fingerprint density at radius 2 is 2.18 bits per heavy atom. The fourth-order valence-electron chi connectivity index (χ4n) is 1.79. The third-order valence-corrected chi connectivity index (χ3v) is 4.15. The van der Waals surface area contributed by atoms with Gasteiger partial charge in [0.15, 0.2) is 0 Å². The second kappa shape index (κ2) is 4.31. The molecule has 2 rings (SSSR count). The van der Waals surface area contributed by atoms with Crippen LogP contribution in [0.15, 0.2) is 23.6 Å². The SMILES string of the molecule is CC(C)(Cc1csc2cccc(Cl)c12)C(=O)O. The molecule has 0 radical (unpaired) electrons. The van der Waals surface area contributed by atoms with Crippen molar-refractivity contribution < 1.29 is 9.90 Å². The van der Waals surface area contributed by atoms with E-state index in [9.17, 15) is 4.79 Å². The molecule has 2 nitrogen and oxygen atoms in total. The topological polar surface area (TPSA) is 37.3 Å². The summed E-state index contributed by atoms with van der Waals surface area (Å²) in [6.45, 7) is 3.46. The van der Waals surface area contributed by atoms with Gasteiger partial charge in [0.1, 0.15) is 0 Å². The van der Waals surface area contributed by atoms with Crippen molar-refractivity contribution in [1.82, 2.24) is 0 Å². The quantitative estimate of drug-likeness (QED) is 0.905. The number of benzene rings is 1. The van der Waals surface area contributed by atoms with Gasteiger partial charge in [-0.3, -0.25) is 4.79 Å². The van der Waals surface area contributed by atoms with E-state index in [-0.39, 0.29) is 0 Å². The predicted molar refractivity (Wildman–Crippen MR) is 72.0 cm³/mol. The Balaban J connectivity index is 2.47. The summed E-state index contributed by atoms with van der Waals surface area (Å²) in [7, 11) is 0. The fourth-order valence-corrected chi connectivity index (χ4v) is 3.13. The highest BCUT2D eigenvalue weighted by atomic mass is 35.5. The molecule has 1 N–H and O–H groups in total. The van der Waals surface area contributed by atoms with Crippen LogP contribution in [-0.2, 0) is 11.2 Å². The Labute approximate surface area is 109 Å². The van der Waals surface area contributed by atoms with Crippen molar-refractivity contribution in [2.24, 2.45) is 5.41 Å². The predicted octanol–water partition coefficient (Wildman–Crippen LogP) is 4.21. The van der Waals surface area contributed by atoms with E-state index in [0.29, 0.717) is 11.4 Å². The van der Waals surface area contributed by atoms with Crippen LogP contribution in [0.5, 0.6) is 0 Å². The summed E-state index contributed by atoms with van der Waals surface area (Å²) in [5.41, 5.74) is 0.246. The van der Waals surface area contributed by atoms with Crippen LogP contribution in [0, 0.1) is 5.41 Å². The summed E-state index contributed by atoms with van der Waals surface area (Å²) in [5, 5.41) is 12.8. The minimum Gasteiger partial charge on any atom is -0.481 e. The minimum atomic E-state index is -0.788. The summed E-state index contributed by atoms with van der Waals surface area (Å²) >= 11 is 7.77. The number of thiophene rings is 1. The summed E-state index contributed by atoms with van der Waals surface area (Å²) in [5.74, 6) is -0.788. The normalized spacial score (nSPS) is 11.9. The zero-order valence-corrected chi connectivity index (χ0v) is 11.2. The molecule has 0 spiro atoms. The molecule has 0 atom stereocenters. The highest BCUT2D eigenvalue weighted by molar-refractivity contribution is 7.17. The Kier molecular flexibility index (Phi) is 3.15. The summed E-state index contributed by atoms with van der Waals surface area (Å²) < 4.78 is 1.11. The van der Waals surface area contributed by atoms with Gasteiger partial charge >= 0.3 is 5.97 Å². The van der Waals surface area contributed by atoms with E-state index in [1.165, 1.54) is 0 Å². The van der Waals surface area contributed by atoms with Gasteiger partial charge in [-0.1, -0.05) is 17.7 Å². The largest absolute Gasteiger partial charge is 0.481 e. The average Bonchev–Trinajstić information content (AvgIpc) is 2.62. The van der Waals surface area contributed by atoms with Crippen LogP contribution in [0.4, 0.5) is 0 Å². The number of hydrogen-bond donors (Lipinski definition) is 1. The number of aliphatic carboxylic acids is 1. The molecular formula is C13H13ClO2S. The number of hydrogen-bond acceptors (Lipinski definition) is 2. The van der Waals surface area contributed by atoms with Crippen LogP contribution in [0.25, 0.3) is 10.1 Å². The first-order valence-electron chi connectivity index (χ1n) is 5.30. The lowest BCUT2D eigenvalue weighted by atomic mass is 9.86. The van der Waals surface area contributed by atoms with Gasteiger partial charge in [0.05, 0.1) is 5.41 Å². The molecule has 0 unspecified atom stereocenters. The maximum Gasteiger partial charge on any atom is 0.309 e. The number of carboxylic acid groups (broad SMARTS) is 1. The second-order valence-electron chi connectivity index (χ2n) is 4.74. The lowest BCUT2D eigenvalue weighted by Gasteiger charge is -2.18. The summed E-state index contributed by atoms with van der Waals surface area (Å²) in [6.07, 6.45) is 0.492. The van der Waals surface area contributed by atoms with Crippen LogP contribution >= 0.6 is 22.9 Å². The first kappa shape index (κ1) is 12.4. The number of rotatable bonds is 3. The van der Waals surface area contributed by atoms with Crippen molar-refractivity contribution in [3.63, 3.8) is 0 Å². The van der Waals surface area contributed by atoms with Crippen LogP contribution in [0.3, 0.4) is 0 Å². The molecule has 0 fully saturated rings. The van der Waals surface area contributed by atoms with E-state index in [2.05, 4.69) is 0 Å². The van der Waals surface area contributed by atoms with Gasteiger partial charge in [-0.15, -0.1) is 11.3 Å². The Morgan fingerprint density at radius 3 is 2.82 bits per heavy atom. The molecule has 0 aliphatic heterocycles. The molecule has 4 heteroatoms. The van der Waals surface area contributed by atoms with Gasteiger partial charge in [-0.25, -0.2) is 0 Å². The number of carbonyl (C=O) groups is 1. The van der Waals surface area contributed by atoms with Crippen molar-refractivity contribution in [2.75, 3.05) is 0 Å². The molecule has 2 aromatic rings. The first-order chi connectivity index (χ1) is 7.92.